The summed E-state index contributed by atoms with van der Waals surface area (Å²) >= 11 is 0. The van der Waals surface area contributed by atoms with Crippen LogP contribution in [0.1, 0.15) is 61.9 Å². The molecule has 25 heavy (non-hydrogen) atoms. The SMILES string of the molecule is Cc1cc(C(=O)NC2CCC(CO)CC2)ccc1NC(=O)CC(C)C. The lowest BCUT2D eigenvalue weighted by Gasteiger charge is -2.28. The Morgan fingerprint density at radius 1 is 1.20 bits per heavy atom. The fourth-order valence-corrected chi connectivity index (χ4v) is 3.28. The Hall–Kier alpha value is -1.88. The van der Waals surface area contributed by atoms with Crippen LogP contribution in [0, 0.1) is 18.8 Å². The predicted octanol–water partition coefficient (Wildman–Crippen LogP) is 3.26. The second-order valence-electron chi connectivity index (χ2n) is 7.55. The first kappa shape index (κ1) is 19.4. The van der Waals surface area contributed by atoms with Crippen molar-refractivity contribution in [2.75, 3.05) is 11.9 Å². The van der Waals surface area contributed by atoms with E-state index in [1.54, 1.807) is 12.1 Å². The smallest absolute Gasteiger partial charge is 0.251 e. The highest BCUT2D eigenvalue weighted by molar-refractivity contribution is 5.96. The van der Waals surface area contributed by atoms with Gasteiger partial charge >= 0.3 is 0 Å². The molecule has 3 N–H and O–H groups in total. The van der Waals surface area contributed by atoms with Crippen LogP contribution in [-0.4, -0.2) is 29.6 Å². The Labute approximate surface area is 150 Å². The average molecular weight is 346 g/mol. The lowest BCUT2D eigenvalue weighted by Crippen LogP contribution is -2.38. The second-order valence-corrected chi connectivity index (χ2v) is 7.55. The fourth-order valence-electron chi connectivity index (χ4n) is 3.28. The minimum absolute atomic E-state index is 0.00375. The predicted molar refractivity (Wildman–Crippen MR) is 99.6 cm³/mol. The number of anilines is 1. The molecule has 0 radical (unpaired) electrons. The zero-order chi connectivity index (χ0) is 18.4. The zero-order valence-corrected chi connectivity index (χ0v) is 15.5. The molecule has 1 fully saturated rings. The summed E-state index contributed by atoms with van der Waals surface area (Å²) in [4.78, 5) is 24.3. The molecular formula is C20H30N2O3. The van der Waals surface area contributed by atoms with Crippen molar-refractivity contribution < 1.29 is 14.7 Å². The van der Waals surface area contributed by atoms with E-state index in [1.165, 1.54) is 0 Å². The molecule has 1 aromatic rings. The highest BCUT2D eigenvalue weighted by atomic mass is 16.3. The number of rotatable bonds is 6. The van der Waals surface area contributed by atoms with Gasteiger partial charge in [-0.25, -0.2) is 0 Å². The molecule has 5 heteroatoms. The van der Waals surface area contributed by atoms with E-state index in [-0.39, 0.29) is 24.5 Å². The van der Waals surface area contributed by atoms with Gasteiger partial charge in [-0.2, -0.15) is 0 Å². The Kier molecular flexibility index (Phi) is 7.00. The van der Waals surface area contributed by atoms with Gasteiger partial charge in [0.2, 0.25) is 5.91 Å². The third-order valence-corrected chi connectivity index (χ3v) is 4.80. The second kappa shape index (κ2) is 8.99. The van der Waals surface area contributed by atoms with Crippen LogP contribution in [0.15, 0.2) is 18.2 Å². The average Bonchev–Trinajstić information content (AvgIpc) is 2.56. The zero-order valence-electron chi connectivity index (χ0n) is 15.5. The number of aliphatic hydroxyl groups is 1. The molecule has 138 valence electrons. The van der Waals surface area contributed by atoms with Crippen LogP contribution in [0.4, 0.5) is 5.69 Å². The number of nitrogens with one attached hydrogen (secondary N) is 2. The maximum absolute atomic E-state index is 12.4. The van der Waals surface area contributed by atoms with E-state index < -0.39 is 0 Å². The number of hydrogen-bond acceptors (Lipinski definition) is 3. The minimum Gasteiger partial charge on any atom is -0.396 e. The van der Waals surface area contributed by atoms with E-state index >= 15 is 0 Å². The first-order valence-electron chi connectivity index (χ1n) is 9.21. The molecule has 0 aromatic heterocycles. The van der Waals surface area contributed by atoms with Gasteiger partial charge in [0.25, 0.3) is 5.91 Å². The third-order valence-electron chi connectivity index (χ3n) is 4.80. The third kappa shape index (κ3) is 5.85. The maximum atomic E-state index is 12.4. The Balaban J connectivity index is 1.93. The standard InChI is InChI=1S/C20H30N2O3/c1-13(2)10-19(24)22-18-9-6-16(11-14(18)3)20(25)21-17-7-4-15(12-23)5-8-17/h6,9,11,13,15,17,23H,4-5,7-8,10,12H2,1-3H3,(H,21,25)(H,22,24). The number of carbonyl (C=O) groups excluding carboxylic acids is 2. The van der Waals surface area contributed by atoms with E-state index in [0.717, 1.165) is 36.9 Å². The van der Waals surface area contributed by atoms with Crippen molar-refractivity contribution >= 4 is 17.5 Å². The van der Waals surface area contributed by atoms with E-state index in [0.29, 0.717) is 23.8 Å². The summed E-state index contributed by atoms with van der Waals surface area (Å²) in [6, 6.07) is 5.55. The summed E-state index contributed by atoms with van der Waals surface area (Å²) in [6.45, 7) is 6.15. The topological polar surface area (TPSA) is 78.4 Å². The van der Waals surface area contributed by atoms with Gasteiger partial charge in [-0.1, -0.05) is 13.8 Å². The van der Waals surface area contributed by atoms with Crippen molar-refractivity contribution in [3.05, 3.63) is 29.3 Å². The largest absolute Gasteiger partial charge is 0.396 e. The number of benzene rings is 1. The summed E-state index contributed by atoms with van der Waals surface area (Å²) in [5, 5.41) is 15.2. The lowest BCUT2D eigenvalue weighted by molar-refractivity contribution is -0.116. The van der Waals surface area contributed by atoms with Crippen molar-refractivity contribution in [2.45, 2.75) is 58.9 Å². The van der Waals surface area contributed by atoms with Crippen molar-refractivity contribution in [1.29, 1.82) is 0 Å². The van der Waals surface area contributed by atoms with E-state index in [4.69, 9.17) is 0 Å². The van der Waals surface area contributed by atoms with Gasteiger partial charge in [-0.05, 0) is 68.2 Å². The molecule has 5 nitrogen and oxygen atoms in total. The van der Waals surface area contributed by atoms with E-state index in [9.17, 15) is 14.7 Å². The highest BCUT2D eigenvalue weighted by Gasteiger charge is 2.22. The fraction of sp³-hybridized carbons (Fsp3) is 0.600. The Morgan fingerprint density at radius 2 is 1.88 bits per heavy atom. The molecule has 0 atom stereocenters. The molecule has 1 aromatic carbocycles. The van der Waals surface area contributed by atoms with Crippen molar-refractivity contribution in [3.63, 3.8) is 0 Å². The van der Waals surface area contributed by atoms with Gasteiger partial charge in [0.15, 0.2) is 0 Å². The minimum atomic E-state index is -0.0735. The quantitative estimate of drug-likeness (QED) is 0.740. The van der Waals surface area contributed by atoms with Crippen LogP contribution >= 0.6 is 0 Å². The van der Waals surface area contributed by atoms with Crippen molar-refractivity contribution in [3.8, 4) is 0 Å². The summed E-state index contributed by atoms with van der Waals surface area (Å²) in [5.41, 5.74) is 2.25. The molecule has 2 amide bonds. The first-order valence-corrected chi connectivity index (χ1v) is 9.21. The highest BCUT2D eigenvalue weighted by Crippen LogP contribution is 2.24. The molecule has 0 heterocycles. The monoisotopic (exact) mass is 346 g/mol. The summed E-state index contributed by atoms with van der Waals surface area (Å²) in [6.07, 6.45) is 4.24. The number of aliphatic hydroxyl groups excluding tert-OH is 1. The van der Waals surface area contributed by atoms with Crippen molar-refractivity contribution in [1.82, 2.24) is 5.32 Å². The van der Waals surface area contributed by atoms with Crippen molar-refractivity contribution in [2.24, 2.45) is 11.8 Å². The van der Waals surface area contributed by atoms with Gasteiger partial charge in [-0.15, -0.1) is 0 Å². The van der Waals surface area contributed by atoms with Crippen LogP contribution in [0.3, 0.4) is 0 Å². The first-order chi connectivity index (χ1) is 11.9. The molecule has 2 rings (SSSR count). The Bertz CT molecular complexity index is 605. The number of hydrogen-bond donors (Lipinski definition) is 3. The molecule has 0 spiro atoms. The summed E-state index contributed by atoms with van der Waals surface area (Å²) in [5.74, 6) is 0.613. The molecule has 0 aliphatic heterocycles. The maximum Gasteiger partial charge on any atom is 0.251 e. The molecule has 1 saturated carbocycles. The van der Waals surface area contributed by atoms with Gasteiger partial charge in [0.1, 0.15) is 0 Å². The van der Waals surface area contributed by atoms with Crippen LogP contribution in [0.5, 0.6) is 0 Å². The van der Waals surface area contributed by atoms with Crippen LogP contribution in [0.25, 0.3) is 0 Å². The van der Waals surface area contributed by atoms with Crippen LogP contribution in [-0.2, 0) is 4.79 Å². The van der Waals surface area contributed by atoms with Gasteiger partial charge in [0.05, 0.1) is 0 Å². The van der Waals surface area contributed by atoms with E-state index in [1.807, 2.05) is 26.8 Å². The molecule has 0 saturated heterocycles. The summed E-state index contributed by atoms with van der Waals surface area (Å²) < 4.78 is 0. The Morgan fingerprint density at radius 3 is 2.44 bits per heavy atom. The van der Waals surface area contributed by atoms with E-state index in [2.05, 4.69) is 10.6 Å². The van der Waals surface area contributed by atoms with Crippen LogP contribution < -0.4 is 10.6 Å². The molecule has 0 bridgehead atoms. The molecule has 1 aliphatic carbocycles. The van der Waals surface area contributed by atoms with Crippen LogP contribution in [0.2, 0.25) is 0 Å². The lowest BCUT2D eigenvalue weighted by atomic mass is 9.86. The number of amides is 2. The van der Waals surface area contributed by atoms with Gasteiger partial charge in [-0.3, -0.25) is 9.59 Å². The molecule has 0 unspecified atom stereocenters. The van der Waals surface area contributed by atoms with Gasteiger partial charge < -0.3 is 15.7 Å². The summed E-state index contributed by atoms with van der Waals surface area (Å²) in [7, 11) is 0. The molecule has 1 aliphatic rings. The van der Waals surface area contributed by atoms with Gasteiger partial charge in [0, 0.05) is 30.3 Å². The normalized spacial score (nSPS) is 20.4. The molecular weight excluding hydrogens is 316 g/mol. The number of carbonyl (C=O) groups is 2. The number of aryl methyl sites for hydroxylation is 1.